The van der Waals surface area contributed by atoms with Gasteiger partial charge in [0.2, 0.25) is 11.8 Å². The molecule has 1 aliphatic heterocycles. The van der Waals surface area contributed by atoms with Crippen LogP contribution in [0.3, 0.4) is 0 Å². The molecule has 28 heavy (non-hydrogen) atoms. The first-order valence-electron chi connectivity index (χ1n) is 9.97. The normalized spacial score (nSPS) is 13.7. The summed E-state index contributed by atoms with van der Waals surface area (Å²) < 4.78 is 1.99. The molecule has 0 unspecified atom stereocenters. The summed E-state index contributed by atoms with van der Waals surface area (Å²) in [5, 5.41) is 9.55. The van der Waals surface area contributed by atoms with Crippen LogP contribution in [0.5, 0.6) is 0 Å². The Kier molecular flexibility index (Phi) is 6.54. The van der Waals surface area contributed by atoms with Gasteiger partial charge in [0.15, 0.2) is 0 Å². The van der Waals surface area contributed by atoms with Crippen LogP contribution in [0.2, 0.25) is 0 Å². The van der Waals surface area contributed by atoms with Gasteiger partial charge in [-0.1, -0.05) is 13.8 Å². The number of aryl methyl sites for hydroxylation is 1. The summed E-state index contributed by atoms with van der Waals surface area (Å²) in [5.74, 6) is 0.557. The van der Waals surface area contributed by atoms with Crippen LogP contribution in [0.1, 0.15) is 47.7 Å². The van der Waals surface area contributed by atoms with E-state index in [0.717, 1.165) is 36.5 Å². The summed E-state index contributed by atoms with van der Waals surface area (Å²) in [7, 11) is 0. The van der Waals surface area contributed by atoms with Gasteiger partial charge in [0.1, 0.15) is 0 Å². The first-order valence-corrected chi connectivity index (χ1v) is 10.9. The van der Waals surface area contributed by atoms with Gasteiger partial charge < -0.3 is 10.2 Å². The molecule has 0 aliphatic carbocycles. The molecule has 0 radical (unpaired) electrons. The van der Waals surface area contributed by atoms with E-state index in [9.17, 15) is 9.59 Å². The number of nitrogens with one attached hydrogen (secondary N) is 1. The van der Waals surface area contributed by atoms with E-state index < -0.39 is 0 Å². The van der Waals surface area contributed by atoms with Gasteiger partial charge in [0.25, 0.3) is 0 Å². The van der Waals surface area contributed by atoms with Crippen LogP contribution in [0.4, 0.5) is 0 Å². The number of nitrogens with zero attached hydrogens (tertiary/aromatic N) is 3. The van der Waals surface area contributed by atoms with Crippen molar-refractivity contribution in [1.82, 2.24) is 20.0 Å². The molecule has 1 N–H and O–H groups in total. The van der Waals surface area contributed by atoms with E-state index in [1.54, 1.807) is 11.3 Å². The highest BCUT2D eigenvalue weighted by Gasteiger charge is 2.21. The smallest absolute Gasteiger partial charge is 0.224 e. The number of hydrogen-bond donors (Lipinski definition) is 1. The second-order valence-corrected chi connectivity index (χ2v) is 8.94. The Hall–Kier alpha value is -2.15. The molecule has 3 rings (SSSR count). The lowest BCUT2D eigenvalue weighted by Gasteiger charge is -2.27. The minimum absolute atomic E-state index is 0.0538. The van der Waals surface area contributed by atoms with Gasteiger partial charge in [-0.15, -0.1) is 11.3 Å². The molecular weight excluding hydrogens is 372 g/mol. The number of rotatable bonds is 7. The van der Waals surface area contributed by atoms with Crippen molar-refractivity contribution in [3.8, 4) is 0 Å². The zero-order chi connectivity index (χ0) is 20.3. The molecule has 3 heterocycles. The lowest BCUT2D eigenvalue weighted by Crippen LogP contribution is -2.37. The molecule has 0 saturated carbocycles. The summed E-state index contributed by atoms with van der Waals surface area (Å²) in [5.41, 5.74) is 4.21. The average molecular weight is 403 g/mol. The molecule has 0 fully saturated rings. The molecule has 0 bridgehead atoms. The molecule has 0 aromatic carbocycles. The maximum Gasteiger partial charge on any atom is 0.224 e. The highest BCUT2D eigenvalue weighted by molar-refractivity contribution is 7.10. The van der Waals surface area contributed by atoms with Crippen molar-refractivity contribution in [2.45, 2.75) is 60.0 Å². The summed E-state index contributed by atoms with van der Waals surface area (Å²) in [4.78, 5) is 28.1. The highest BCUT2D eigenvalue weighted by Crippen LogP contribution is 2.24. The summed E-state index contributed by atoms with van der Waals surface area (Å²) >= 11 is 1.77. The maximum absolute atomic E-state index is 12.4. The van der Waals surface area contributed by atoms with Gasteiger partial charge in [-0.2, -0.15) is 5.10 Å². The van der Waals surface area contributed by atoms with Gasteiger partial charge >= 0.3 is 0 Å². The van der Waals surface area contributed by atoms with Crippen LogP contribution in [-0.2, 0) is 35.5 Å². The Bertz CT molecular complexity index is 853. The maximum atomic E-state index is 12.4. The van der Waals surface area contributed by atoms with E-state index in [-0.39, 0.29) is 11.8 Å². The highest BCUT2D eigenvalue weighted by atomic mass is 32.1. The Morgan fingerprint density at radius 1 is 1.32 bits per heavy atom. The van der Waals surface area contributed by atoms with Crippen molar-refractivity contribution in [2.75, 3.05) is 13.1 Å². The van der Waals surface area contributed by atoms with Gasteiger partial charge in [0, 0.05) is 48.7 Å². The van der Waals surface area contributed by atoms with E-state index in [1.165, 1.54) is 10.4 Å². The minimum atomic E-state index is -0.0538. The predicted molar refractivity (Wildman–Crippen MR) is 111 cm³/mol. The third-order valence-corrected chi connectivity index (χ3v) is 6.25. The molecular formula is C21H30N4O2S. The zero-order valence-electron chi connectivity index (χ0n) is 17.2. The molecule has 6 nitrogen and oxygen atoms in total. The van der Waals surface area contributed by atoms with Crippen LogP contribution in [-0.4, -0.2) is 39.6 Å². The average Bonchev–Trinajstić information content (AvgIpc) is 3.20. The van der Waals surface area contributed by atoms with Crippen molar-refractivity contribution < 1.29 is 9.59 Å². The van der Waals surface area contributed by atoms with Crippen molar-refractivity contribution in [3.63, 3.8) is 0 Å². The van der Waals surface area contributed by atoms with Crippen LogP contribution in [0.25, 0.3) is 0 Å². The van der Waals surface area contributed by atoms with Crippen LogP contribution >= 0.6 is 11.3 Å². The van der Waals surface area contributed by atoms with Gasteiger partial charge in [-0.3, -0.25) is 14.3 Å². The number of carbonyl (C=O) groups excluding carboxylic acids is 2. The van der Waals surface area contributed by atoms with E-state index >= 15 is 0 Å². The Morgan fingerprint density at radius 2 is 2.11 bits per heavy atom. The van der Waals surface area contributed by atoms with Crippen LogP contribution in [0, 0.1) is 19.8 Å². The number of carbonyl (C=O) groups is 2. The number of amides is 2. The number of thiophene rings is 1. The van der Waals surface area contributed by atoms with Crippen LogP contribution in [0.15, 0.2) is 11.4 Å². The Labute approximate surface area is 170 Å². The molecule has 7 heteroatoms. The van der Waals surface area contributed by atoms with E-state index in [4.69, 9.17) is 0 Å². The number of fused-ring (bicyclic) bond motifs is 1. The SMILES string of the molecule is Cc1nn(CC(C)C)c(C)c1CC(=O)NCCC(=O)N1CCc2sccc2C1. The van der Waals surface area contributed by atoms with Crippen molar-refractivity contribution in [2.24, 2.45) is 5.92 Å². The summed E-state index contributed by atoms with van der Waals surface area (Å²) in [6.07, 6.45) is 1.59. The standard InChI is InChI=1S/C21H30N4O2S/c1-14(2)12-25-16(4)18(15(3)23-25)11-20(26)22-8-5-21(27)24-9-6-19-17(13-24)7-10-28-19/h7,10,14H,5-6,8-9,11-13H2,1-4H3,(H,22,26). The van der Waals surface area contributed by atoms with Crippen LogP contribution < -0.4 is 5.32 Å². The summed E-state index contributed by atoms with van der Waals surface area (Å²) in [6, 6.07) is 2.10. The predicted octanol–water partition coefficient (Wildman–Crippen LogP) is 2.85. The molecule has 1 aliphatic rings. The fourth-order valence-corrected chi connectivity index (χ4v) is 4.55. The number of hydrogen-bond acceptors (Lipinski definition) is 4. The van der Waals surface area contributed by atoms with Crippen molar-refractivity contribution in [3.05, 3.63) is 38.8 Å². The third-order valence-electron chi connectivity index (χ3n) is 5.23. The summed E-state index contributed by atoms with van der Waals surface area (Å²) in [6.45, 7) is 11.0. The Morgan fingerprint density at radius 3 is 2.86 bits per heavy atom. The van der Waals surface area contributed by atoms with Crippen molar-refractivity contribution in [1.29, 1.82) is 0 Å². The fourth-order valence-electron chi connectivity index (χ4n) is 3.66. The van der Waals surface area contributed by atoms with Crippen molar-refractivity contribution >= 4 is 23.2 Å². The quantitative estimate of drug-likeness (QED) is 0.774. The number of aromatic nitrogens is 2. The molecule has 2 amide bonds. The topological polar surface area (TPSA) is 67.2 Å². The zero-order valence-corrected chi connectivity index (χ0v) is 18.1. The molecule has 2 aromatic rings. The van der Waals surface area contributed by atoms with Gasteiger partial charge in [0.05, 0.1) is 12.1 Å². The lowest BCUT2D eigenvalue weighted by atomic mass is 10.1. The lowest BCUT2D eigenvalue weighted by molar-refractivity contribution is -0.132. The fraction of sp³-hybridized carbons (Fsp3) is 0.571. The minimum Gasteiger partial charge on any atom is -0.355 e. The molecule has 0 spiro atoms. The third kappa shape index (κ3) is 4.82. The van der Waals surface area contributed by atoms with Gasteiger partial charge in [-0.05, 0) is 43.2 Å². The van der Waals surface area contributed by atoms with E-state index in [0.29, 0.717) is 31.8 Å². The largest absolute Gasteiger partial charge is 0.355 e. The van der Waals surface area contributed by atoms with Gasteiger partial charge in [-0.25, -0.2) is 0 Å². The second-order valence-electron chi connectivity index (χ2n) is 7.94. The first-order chi connectivity index (χ1) is 13.3. The first kappa shape index (κ1) is 20.6. The molecule has 152 valence electrons. The van der Waals surface area contributed by atoms with E-state index in [1.807, 2.05) is 23.4 Å². The monoisotopic (exact) mass is 402 g/mol. The Balaban J connectivity index is 1.46. The molecule has 0 atom stereocenters. The van der Waals surface area contributed by atoms with E-state index in [2.05, 4.69) is 35.7 Å². The molecule has 2 aromatic heterocycles. The second kappa shape index (κ2) is 8.90. The molecule has 0 saturated heterocycles.